The smallest absolute Gasteiger partial charge is 0.128 e. The number of aryl methyl sites for hydroxylation is 1. The normalized spacial score (nSPS) is 11.0. The summed E-state index contributed by atoms with van der Waals surface area (Å²) in [6.07, 6.45) is 3.97. The molecule has 92 valence electrons. The van der Waals surface area contributed by atoms with Crippen molar-refractivity contribution in [1.29, 1.82) is 0 Å². The summed E-state index contributed by atoms with van der Waals surface area (Å²) in [5.41, 5.74) is 2.08. The van der Waals surface area contributed by atoms with Gasteiger partial charge in [-0.25, -0.2) is 0 Å². The van der Waals surface area contributed by atoms with Crippen LogP contribution < -0.4 is 4.74 Å². The first-order valence-electron chi connectivity index (χ1n) is 5.75. The van der Waals surface area contributed by atoms with E-state index in [0.29, 0.717) is 6.54 Å². The van der Waals surface area contributed by atoms with Gasteiger partial charge >= 0.3 is 0 Å². The molecule has 0 bridgehead atoms. The molecule has 3 rings (SSSR count). The lowest BCUT2D eigenvalue weighted by atomic mass is 10.2. The fraction of sp³-hybridized carbons (Fsp3) is 0.231. The van der Waals surface area contributed by atoms with E-state index < -0.39 is 0 Å². The van der Waals surface area contributed by atoms with Crippen molar-refractivity contribution >= 4 is 10.9 Å². The van der Waals surface area contributed by atoms with Gasteiger partial charge in [-0.15, -0.1) is 5.10 Å². The second-order valence-electron chi connectivity index (χ2n) is 4.22. The predicted octanol–water partition coefficient (Wildman–Crippen LogP) is 1.83. The predicted molar refractivity (Wildman–Crippen MR) is 68.6 cm³/mol. The number of hydrogen-bond acceptors (Lipinski definition) is 3. The summed E-state index contributed by atoms with van der Waals surface area (Å²) in [7, 11) is 3.56. The molecule has 2 aromatic heterocycles. The summed E-state index contributed by atoms with van der Waals surface area (Å²) >= 11 is 0. The lowest BCUT2D eigenvalue weighted by molar-refractivity contribution is 0.420. The first-order chi connectivity index (χ1) is 8.78. The number of fused-ring (bicyclic) bond motifs is 1. The number of rotatable bonds is 3. The van der Waals surface area contributed by atoms with Crippen LogP contribution in [0.2, 0.25) is 0 Å². The second kappa shape index (κ2) is 4.18. The lowest BCUT2D eigenvalue weighted by Gasteiger charge is -2.04. The summed E-state index contributed by atoms with van der Waals surface area (Å²) in [5.74, 6) is 0.894. The van der Waals surface area contributed by atoms with Gasteiger partial charge in [-0.3, -0.25) is 4.68 Å². The van der Waals surface area contributed by atoms with E-state index in [4.69, 9.17) is 4.74 Å². The van der Waals surface area contributed by atoms with Gasteiger partial charge < -0.3 is 9.30 Å². The number of nitrogens with zero attached hydrogens (tertiary/aromatic N) is 4. The van der Waals surface area contributed by atoms with Crippen LogP contribution in [0.1, 0.15) is 5.69 Å². The highest BCUT2D eigenvalue weighted by molar-refractivity contribution is 5.86. The minimum Gasteiger partial charge on any atom is -0.496 e. The fourth-order valence-corrected chi connectivity index (χ4v) is 2.15. The standard InChI is InChI=1S/C13H14N4O/c1-16-8-10(14-15-16)9-17-7-6-11-12(17)4-3-5-13(11)18-2/h3-8H,9H2,1-2H3. The maximum absolute atomic E-state index is 5.35. The van der Waals surface area contributed by atoms with Gasteiger partial charge in [0.15, 0.2) is 0 Å². The molecule has 0 aliphatic carbocycles. The molecule has 2 heterocycles. The van der Waals surface area contributed by atoms with E-state index in [0.717, 1.165) is 22.3 Å². The van der Waals surface area contributed by atoms with Gasteiger partial charge in [0.2, 0.25) is 0 Å². The first kappa shape index (κ1) is 10.8. The Hall–Kier alpha value is -2.30. The van der Waals surface area contributed by atoms with E-state index in [9.17, 15) is 0 Å². The topological polar surface area (TPSA) is 44.9 Å². The van der Waals surface area contributed by atoms with Gasteiger partial charge in [-0.05, 0) is 18.2 Å². The number of ether oxygens (including phenoxy) is 1. The van der Waals surface area contributed by atoms with E-state index in [-0.39, 0.29) is 0 Å². The monoisotopic (exact) mass is 242 g/mol. The van der Waals surface area contributed by atoms with Gasteiger partial charge in [0.25, 0.3) is 0 Å². The molecule has 5 heteroatoms. The number of benzene rings is 1. The van der Waals surface area contributed by atoms with Crippen molar-refractivity contribution in [1.82, 2.24) is 19.6 Å². The molecule has 0 saturated carbocycles. The molecule has 0 spiro atoms. The van der Waals surface area contributed by atoms with Crippen molar-refractivity contribution in [3.05, 3.63) is 42.4 Å². The maximum Gasteiger partial charge on any atom is 0.128 e. The van der Waals surface area contributed by atoms with Crippen molar-refractivity contribution in [2.45, 2.75) is 6.54 Å². The average molecular weight is 242 g/mol. The minimum atomic E-state index is 0.713. The summed E-state index contributed by atoms with van der Waals surface area (Å²) in [6.45, 7) is 0.713. The van der Waals surface area contributed by atoms with Crippen LogP contribution in [0.25, 0.3) is 10.9 Å². The molecule has 0 atom stereocenters. The van der Waals surface area contributed by atoms with E-state index >= 15 is 0 Å². The number of methoxy groups -OCH3 is 1. The van der Waals surface area contributed by atoms with Crippen LogP contribution in [0.5, 0.6) is 5.75 Å². The first-order valence-corrected chi connectivity index (χ1v) is 5.75. The largest absolute Gasteiger partial charge is 0.496 e. The fourth-order valence-electron chi connectivity index (χ4n) is 2.15. The Morgan fingerprint density at radius 2 is 2.17 bits per heavy atom. The Morgan fingerprint density at radius 3 is 2.89 bits per heavy atom. The van der Waals surface area contributed by atoms with Gasteiger partial charge in [-0.1, -0.05) is 11.3 Å². The Bertz CT molecular complexity index is 683. The highest BCUT2D eigenvalue weighted by Gasteiger charge is 2.07. The third-order valence-corrected chi connectivity index (χ3v) is 2.98. The van der Waals surface area contributed by atoms with Crippen LogP contribution in [-0.4, -0.2) is 26.7 Å². The molecule has 0 N–H and O–H groups in total. The van der Waals surface area contributed by atoms with Gasteiger partial charge in [0.05, 0.1) is 19.2 Å². The Morgan fingerprint density at radius 1 is 1.28 bits per heavy atom. The zero-order valence-corrected chi connectivity index (χ0v) is 10.4. The summed E-state index contributed by atoms with van der Waals surface area (Å²) in [6, 6.07) is 8.10. The van der Waals surface area contributed by atoms with Gasteiger partial charge in [0.1, 0.15) is 11.4 Å². The number of aromatic nitrogens is 4. The quantitative estimate of drug-likeness (QED) is 0.703. The lowest BCUT2D eigenvalue weighted by Crippen LogP contribution is -1.98. The highest BCUT2D eigenvalue weighted by atomic mass is 16.5. The molecule has 18 heavy (non-hydrogen) atoms. The molecule has 3 aromatic rings. The third kappa shape index (κ3) is 1.73. The zero-order chi connectivity index (χ0) is 12.5. The van der Waals surface area contributed by atoms with Crippen molar-refractivity contribution in [2.24, 2.45) is 7.05 Å². The highest BCUT2D eigenvalue weighted by Crippen LogP contribution is 2.26. The molecule has 1 aromatic carbocycles. The molecule has 0 aliphatic rings. The van der Waals surface area contributed by atoms with Crippen LogP contribution >= 0.6 is 0 Å². The van der Waals surface area contributed by atoms with Crippen molar-refractivity contribution < 1.29 is 4.74 Å². The molecule has 0 amide bonds. The minimum absolute atomic E-state index is 0.713. The molecular formula is C13H14N4O. The van der Waals surface area contributed by atoms with E-state index in [1.807, 2.05) is 31.6 Å². The molecule has 0 aliphatic heterocycles. The Kier molecular flexibility index (Phi) is 2.51. The maximum atomic E-state index is 5.35. The van der Waals surface area contributed by atoms with E-state index in [1.165, 1.54) is 0 Å². The molecule has 0 radical (unpaired) electrons. The van der Waals surface area contributed by atoms with Crippen molar-refractivity contribution in [2.75, 3.05) is 7.11 Å². The summed E-state index contributed by atoms with van der Waals surface area (Å²) in [4.78, 5) is 0. The van der Waals surface area contributed by atoms with Crippen molar-refractivity contribution in [3.63, 3.8) is 0 Å². The number of hydrogen-bond donors (Lipinski definition) is 0. The Balaban J connectivity index is 2.02. The van der Waals surface area contributed by atoms with Crippen LogP contribution in [0.15, 0.2) is 36.7 Å². The molecule has 0 fully saturated rings. The SMILES string of the molecule is COc1cccc2c1ccn2Cc1cn(C)nn1. The molecule has 0 saturated heterocycles. The van der Waals surface area contributed by atoms with Crippen LogP contribution in [0.4, 0.5) is 0 Å². The molecular weight excluding hydrogens is 228 g/mol. The third-order valence-electron chi connectivity index (χ3n) is 2.98. The van der Waals surface area contributed by atoms with Gasteiger partial charge in [-0.2, -0.15) is 0 Å². The summed E-state index contributed by atoms with van der Waals surface area (Å²) in [5, 5.41) is 9.16. The van der Waals surface area contributed by atoms with Gasteiger partial charge in [0, 0.05) is 24.8 Å². The Labute approximate surface area is 105 Å². The molecule has 0 unspecified atom stereocenters. The summed E-state index contributed by atoms with van der Waals surface area (Å²) < 4.78 is 9.20. The van der Waals surface area contributed by atoms with E-state index in [1.54, 1.807) is 11.8 Å². The van der Waals surface area contributed by atoms with Crippen molar-refractivity contribution in [3.8, 4) is 5.75 Å². The zero-order valence-electron chi connectivity index (χ0n) is 10.4. The molecule has 5 nitrogen and oxygen atoms in total. The van der Waals surface area contributed by atoms with Crippen LogP contribution in [-0.2, 0) is 13.6 Å². The second-order valence-corrected chi connectivity index (χ2v) is 4.22. The van der Waals surface area contributed by atoms with Crippen LogP contribution in [0, 0.1) is 0 Å². The average Bonchev–Trinajstić information content (AvgIpc) is 2.97. The van der Waals surface area contributed by atoms with Crippen LogP contribution in [0.3, 0.4) is 0 Å². The van der Waals surface area contributed by atoms with E-state index in [2.05, 4.69) is 27.0 Å².